The van der Waals surface area contributed by atoms with Crippen molar-refractivity contribution in [3.8, 4) is 5.75 Å². The molecule has 0 spiro atoms. The van der Waals surface area contributed by atoms with E-state index in [0.29, 0.717) is 23.0 Å². The van der Waals surface area contributed by atoms with Gasteiger partial charge in [-0.1, -0.05) is 17.7 Å². The van der Waals surface area contributed by atoms with E-state index in [4.69, 9.17) is 16.3 Å². The Morgan fingerprint density at radius 3 is 2.59 bits per heavy atom. The van der Waals surface area contributed by atoms with Gasteiger partial charge in [0.2, 0.25) is 0 Å². The van der Waals surface area contributed by atoms with Crippen LogP contribution >= 0.6 is 11.6 Å². The third-order valence-corrected chi connectivity index (χ3v) is 4.13. The molecule has 0 aliphatic heterocycles. The summed E-state index contributed by atoms with van der Waals surface area (Å²) in [5.74, 6) is 0.474. The zero-order valence-corrected chi connectivity index (χ0v) is 15.9. The van der Waals surface area contributed by atoms with Crippen LogP contribution in [-0.2, 0) is 0 Å². The number of aromatic nitrogens is 1. The van der Waals surface area contributed by atoms with Crippen molar-refractivity contribution in [2.75, 3.05) is 17.2 Å². The summed E-state index contributed by atoms with van der Waals surface area (Å²) in [7, 11) is 0. The van der Waals surface area contributed by atoms with Crippen molar-refractivity contribution in [1.82, 2.24) is 4.98 Å². The van der Waals surface area contributed by atoms with Gasteiger partial charge in [0, 0.05) is 28.3 Å². The molecule has 6 heteroatoms. The van der Waals surface area contributed by atoms with Crippen molar-refractivity contribution in [2.45, 2.75) is 13.8 Å². The van der Waals surface area contributed by atoms with Crippen LogP contribution in [0.15, 0.2) is 60.8 Å². The third-order valence-electron chi connectivity index (χ3n) is 3.89. The molecule has 0 saturated heterocycles. The SMILES string of the molecule is CCOc1ccc(NC(=O)c2cc(Nc3cc(Cl)ccc3C)ccn2)cc1. The zero-order chi connectivity index (χ0) is 19.2. The highest BCUT2D eigenvalue weighted by atomic mass is 35.5. The molecule has 27 heavy (non-hydrogen) atoms. The molecule has 0 atom stereocenters. The van der Waals surface area contributed by atoms with E-state index in [1.54, 1.807) is 30.5 Å². The summed E-state index contributed by atoms with van der Waals surface area (Å²) in [6.07, 6.45) is 1.59. The third kappa shape index (κ3) is 4.99. The Bertz CT molecular complexity index is 942. The van der Waals surface area contributed by atoms with Gasteiger partial charge in [-0.05, 0) is 67.9 Å². The fourth-order valence-corrected chi connectivity index (χ4v) is 2.69. The summed E-state index contributed by atoms with van der Waals surface area (Å²) in [5, 5.41) is 6.75. The minimum absolute atomic E-state index is 0.286. The maximum atomic E-state index is 12.5. The van der Waals surface area contributed by atoms with Crippen LogP contribution < -0.4 is 15.4 Å². The lowest BCUT2D eigenvalue weighted by Gasteiger charge is -2.11. The molecule has 3 aromatic rings. The predicted octanol–water partition coefficient (Wildman–Crippen LogP) is 5.44. The Balaban J connectivity index is 1.72. The molecule has 1 aromatic heterocycles. The van der Waals surface area contributed by atoms with E-state index in [9.17, 15) is 4.79 Å². The highest BCUT2D eigenvalue weighted by Crippen LogP contribution is 2.24. The number of amides is 1. The minimum Gasteiger partial charge on any atom is -0.494 e. The van der Waals surface area contributed by atoms with Gasteiger partial charge in [0.05, 0.1) is 6.61 Å². The first-order chi connectivity index (χ1) is 13.0. The van der Waals surface area contributed by atoms with Gasteiger partial charge in [0.15, 0.2) is 0 Å². The summed E-state index contributed by atoms with van der Waals surface area (Å²) < 4.78 is 5.40. The summed E-state index contributed by atoms with van der Waals surface area (Å²) >= 11 is 6.06. The van der Waals surface area contributed by atoms with Crippen molar-refractivity contribution in [2.24, 2.45) is 0 Å². The van der Waals surface area contributed by atoms with E-state index >= 15 is 0 Å². The molecule has 0 unspecified atom stereocenters. The number of nitrogens with zero attached hydrogens (tertiary/aromatic N) is 1. The summed E-state index contributed by atoms with van der Waals surface area (Å²) in [6, 6.07) is 16.3. The quantitative estimate of drug-likeness (QED) is 0.597. The van der Waals surface area contributed by atoms with E-state index in [-0.39, 0.29) is 5.91 Å². The Labute approximate surface area is 163 Å². The number of benzene rings is 2. The fourth-order valence-electron chi connectivity index (χ4n) is 2.51. The van der Waals surface area contributed by atoms with Crippen LogP contribution in [-0.4, -0.2) is 17.5 Å². The lowest BCUT2D eigenvalue weighted by molar-refractivity contribution is 0.102. The molecule has 0 saturated carbocycles. The van der Waals surface area contributed by atoms with Crippen LogP contribution in [0.1, 0.15) is 23.0 Å². The van der Waals surface area contributed by atoms with Gasteiger partial charge in [0.1, 0.15) is 11.4 Å². The largest absolute Gasteiger partial charge is 0.494 e. The molecule has 0 bridgehead atoms. The van der Waals surface area contributed by atoms with Crippen LogP contribution in [0.5, 0.6) is 5.75 Å². The molecule has 1 amide bonds. The van der Waals surface area contributed by atoms with E-state index < -0.39 is 0 Å². The first-order valence-corrected chi connectivity index (χ1v) is 8.96. The molecule has 0 radical (unpaired) electrons. The smallest absolute Gasteiger partial charge is 0.274 e. The zero-order valence-electron chi connectivity index (χ0n) is 15.1. The van der Waals surface area contributed by atoms with E-state index in [2.05, 4.69) is 15.6 Å². The number of nitrogens with one attached hydrogen (secondary N) is 2. The minimum atomic E-state index is -0.286. The molecule has 0 aliphatic rings. The van der Waals surface area contributed by atoms with Gasteiger partial charge in [-0.2, -0.15) is 0 Å². The van der Waals surface area contributed by atoms with Gasteiger partial charge in [-0.25, -0.2) is 0 Å². The number of pyridine rings is 1. The Hall–Kier alpha value is -3.05. The number of ether oxygens (including phenoxy) is 1. The number of rotatable bonds is 6. The normalized spacial score (nSPS) is 10.3. The van der Waals surface area contributed by atoms with Crippen molar-refractivity contribution >= 4 is 34.6 Å². The lowest BCUT2D eigenvalue weighted by Crippen LogP contribution is -2.13. The number of aryl methyl sites for hydroxylation is 1. The number of hydrogen-bond donors (Lipinski definition) is 2. The van der Waals surface area contributed by atoms with Gasteiger partial charge in [0.25, 0.3) is 5.91 Å². The van der Waals surface area contributed by atoms with Crippen LogP contribution in [0.25, 0.3) is 0 Å². The monoisotopic (exact) mass is 381 g/mol. The molecule has 2 aromatic carbocycles. The fraction of sp³-hybridized carbons (Fsp3) is 0.143. The molecule has 2 N–H and O–H groups in total. The molecular formula is C21H20ClN3O2. The van der Waals surface area contributed by atoms with E-state index in [1.165, 1.54) is 0 Å². The molecule has 0 aliphatic carbocycles. The Morgan fingerprint density at radius 1 is 1.07 bits per heavy atom. The first kappa shape index (κ1) is 18.7. The maximum Gasteiger partial charge on any atom is 0.274 e. The van der Waals surface area contributed by atoms with Crippen LogP contribution in [0.2, 0.25) is 5.02 Å². The summed E-state index contributed by atoms with van der Waals surface area (Å²) in [5.41, 5.74) is 3.68. The predicted molar refractivity (Wildman–Crippen MR) is 109 cm³/mol. The van der Waals surface area contributed by atoms with Gasteiger partial charge < -0.3 is 15.4 Å². The number of carbonyl (C=O) groups is 1. The second-order valence-corrected chi connectivity index (χ2v) is 6.36. The van der Waals surface area contributed by atoms with Crippen molar-refractivity contribution < 1.29 is 9.53 Å². The molecule has 0 fully saturated rings. The lowest BCUT2D eigenvalue weighted by atomic mass is 10.2. The van der Waals surface area contributed by atoms with Crippen molar-refractivity contribution in [3.63, 3.8) is 0 Å². The summed E-state index contributed by atoms with van der Waals surface area (Å²) in [6.45, 7) is 4.51. The summed E-state index contributed by atoms with van der Waals surface area (Å²) in [4.78, 5) is 16.7. The highest BCUT2D eigenvalue weighted by molar-refractivity contribution is 6.30. The van der Waals surface area contributed by atoms with E-state index in [1.807, 2.05) is 44.2 Å². The number of hydrogen-bond acceptors (Lipinski definition) is 4. The topological polar surface area (TPSA) is 63.2 Å². The number of halogens is 1. The van der Waals surface area contributed by atoms with Gasteiger partial charge in [-0.3, -0.25) is 9.78 Å². The molecule has 1 heterocycles. The average molecular weight is 382 g/mol. The molecular weight excluding hydrogens is 362 g/mol. The van der Waals surface area contributed by atoms with Gasteiger partial charge in [-0.15, -0.1) is 0 Å². The second-order valence-electron chi connectivity index (χ2n) is 5.93. The first-order valence-electron chi connectivity index (χ1n) is 8.58. The average Bonchev–Trinajstić information content (AvgIpc) is 2.67. The maximum absolute atomic E-state index is 12.5. The van der Waals surface area contributed by atoms with Crippen LogP contribution in [0.4, 0.5) is 17.1 Å². The highest BCUT2D eigenvalue weighted by Gasteiger charge is 2.09. The van der Waals surface area contributed by atoms with Crippen LogP contribution in [0.3, 0.4) is 0 Å². The van der Waals surface area contributed by atoms with Gasteiger partial charge >= 0.3 is 0 Å². The number of carbonyl (C=O) groups excluding carboxylic acids is 1. The van der Waals surface area contributed by atoms with Crippen molar-refractivity contribution in [3.05, 3.63) is 77.1 Å². The second kappa shape index (κ2) is 8.56. The number of anilines is 3. The Kier molecular flexibility index (Phi) is 5.94. The van der Waals surface area contributed by atoms with Crippen LogP contribution in [0, 0.1) is 6.92 Å². The van der Waals surface area contributed by atoms with Crippen molar-refractivity contribution in [1.29, 1.82) is 0 Å². The molecule has 3 rings (SSSR count). The molecule has 138 valence electrons. The van der Waals surface area contributed by atoms with E-state index in [0.717, 1.165) is 22.7 Å². The Morgan fingerprint density at radius 2 is 1.85 bits per heavy atom. The standard InChI is InChI=1S/C21H20ClN3O2/c1-3-27-18-8-6-16(7-9-18)25-21(26)20-13-17(10-11-23-20)24-19-12-15(22)5-4-14(19)2/h4-13H,3H2,1-2H3,(H,23,24)(H,25,26). The molecule has 5 nitrogen and oxygen atoms in total.